The molecular formula is C16H16N2O4S2. The van der Waals surface area contributed by atoms with Crippen molar-refractivity contribution in [3.05, 3.63) is 40.6 Å². The number of amides is 2. The number of methoxy groups -OCH3 is 1. The summed E-state index contributed by atoms with van der Waals surface area (Å²) in [5.41, 5.74) is 1.16. The van der Waals surface area contributed by atoms with Crippen molar-refractivity contribution in [1.29, 1.82) is 0 Å². The molecule has 1 aromatic heterocycles. The maximum atomic E-state index is 12.0. The smallest absolute Gasteiger partial charge is 0.350 e. The van der Waals surface area contributed by atoms with Gasteiger partial charge >= 0.3 is 5.97 Å². The van der Waals surface area contributed by atoms with Crippen LogP contribution in [-0.4, -0.2) is 30.6 Å². The number of benzene rings is 1. The molecule has 0 bridgehead atoms. The third-order valence-corrected chi connectivity index (χ3v) is 4.76. The number of carbonyl (C=O) groups excluding carboxylic acids is 3. The van der Waals surface area contributed by atoms with E-state index in [1.165, 1.54) is 37.1 Å². The number of rotatable bonds is 6. The molecule has 1 aromatic carbocycles. The number of nitrogens with one attached hydrogen (secondary N) is 2. The number of hydrogen-bond acceptors (Lipinski definition) is 6. The van der Waals surface area contributed by atoms with Crippen LogP contribution < -0.4 is 10.6 Å². The highest BCUT2D eigenvalue weighted by Crippen LogP contribution is 2.24. The van der Waals surface area contributed by atoms with E-state index in [4.69, 9.17) is 0 Å². The number of esters is 1. The molecule has 0 radical (unpaired) electrons. The first-order chi connectivity index (χ1) is 11.5. The molecule has 0 saturated carbocycles. The molecule has 6 nitrogen and oxygen atoms in total. The summed E-state index contributed by atoms with van der Waals surface area (Å²) >= 11 is 2.57. The van der Waals surface area contributed by atoms with Gasteiger partial charge in [0.05, 0.1) is 18.6 Å². The number of thiophene rings is 1. The molecule has 2 N–H and O–H groups in total. The monoisotopic (exact) mass is 364 g/mol. The number of anilines is 2. The van der Waals surface area contributed by atoms with Crippen molar-refractivity contribution >= 4 is 52.3 Å². The van der Waals surface area contributed by atoms with E-state index in [9.17, 15) is 14.4 Å². The molecular weight excluding hydrogens is 348 g/mol. The Morgan fingerprint density at radius 2 is 1.83 bits per heavy atom. The van der Waals surface area contributed by atoms with Gasteiger partial charge in [-0.25, -0.2) is 4.79 Å². The molecule has 2 aromatic rings. The van der Waals surface area contributed by atoms with E-state index < -0.39 is 5.97 Å². The number of thioether (sulfide) groups is 1. The lowest BCUT2D eigenvalue weighted by Crippen LogP contribution is -2.15. The predicted octanol–water partition coefficient (Wildman–Crippen LogP) is 3.22. The minimum atomic E-state index is -0.471. The van der Waals surface area contributed by atoms with Crippen LogP contribution in [0.1, 0.15) is 16.6 Å². The molecule has 0 aliphatic heterocycles. The van der Waals surface area contributed by atoms with Crippen molar-refractivity contribution in [1.82, 2.24) is 0 Å². The Balaban J connectivity index is 1.88. The Bertz CT molecular complexity index is 741. The van der Waals surface area contributed by atoms with Gasteiger partial charge in [0.25, 0.3) is 0 Å². The minimum Gasteiger partial charge on any atom is -0.465 e. The van der Waals surface area contributed by atoms with E-state index in [2.05, 4.69) is 15.4 Å². The van der Waals surface area contributed by atoms with Crippen LogP contribution in [0.2, 0.25) is 0 Å². The Morgan fingerprint density at radius 1 is 1.12 bits per heavy atom. The average molecular weight is 364 g/mol. The summed E-state index contributed by atoms with van der Waals surface area (Å²) in [5.74, 6) is -0.612. The van der Waals surface area contributed by atoms with Crippen LogP contribution in [0.25, 0.3) is 0 Å². The summed E-state index contributed by atoms with van der Waals surface area (Å²) in [4.78, 5) is 35.8. The summed E-state index contributed by atoms with van der Waals surface area (Å²) in [6, 6.07) is 8.87. The van der Waals surface area contributed by atoms with E-state index in [-0.39, 0.29) is 17.6 Å². The maximum absolute atomic E-state index is 12.0. The first-order valence-corrected chi connectivity index (χ1v) is 8.82. The summed E-state index contributed by atoms with van der Waals surface area (Å²) in [6.45, 7) is 1.44. The molecule has 0 unspecified atom stereocenters. The van der Waals surface area contributed by atoms with Crippen molar-refractivity contribution in [2.45, 2.75) is 11.8 Å². The summed E-state index contributed by atoms with van der Waals surface area (Å²) in [6.07, 6.45) is 0. The van der Waals surface area contributed by atoms with Crippen LogP contribution in [-0.2, 0) is 14.3 Å². The van der Waals surface area contributed by atoms with E-state index in [1.807, 2.05) is 12.1 Å². The quantitative estimate of drug-likeness (QED) is 0.607. The molecule has 24 heavy (non-hydrogen) atoms. The van der Waals surface area contributed by atoms with Gasteiger partial charge in [-0.05, 0) is 35.7 Å². The first-order valence-electron chi connectivity index (χ1n) is 6.95. The SMILES string of the molecule is COC(=O)c1sccc1NC(=O)CSc1ccc(NC(C)=O)cc1. The van der Waals surface area contributed by atoms with E-state index in [0.29, 0.717) is 16.3 Å². The van der Waals surface area contributed by atoms with Crippen LogP contribution >= 0.6 is 23.1 Å². The average Bonchev–Trinajstić information content (AvgIpc) is 3.01. The van der Waals surface area contributed by atoms with Crippen LogP contribution in [0.3, 0.4) is 0 Å². The van der Waals surface area contributed by atoms with Gasteiger partial charge in [-0.15, -0.1) is 23.1 Å². The van der Waals surface area contributed by atoms with Crippen molar-refractivity contribution < 1.29 is 19.1 Å². The van der Waals surface area contributed by atoms with Gasteiger partial charge < -0.3 is 15.4 Å². The fraction of sp³-hybridized carbons (Fsp3) is 0.188. The van der Waals surface area contributed by atoms with E-state index >= 15 is 0 Å². The Labute approximate surface area is 147 Å². The molecule has 2 rings (SSSR count). The molecule has 8 heteroatoms. The largest absolute Gasteiger partial charge is 0.465 e. The summed E-state index contributed by atoms with van der Waals surface area (Å²) in [7, 11) is 1.30. The zero-order valence-electron chi connectivity index (χ0n) is 13.1. The molecule has 0 saturated heterocycles. The zero-order chi connectivity index (χ0) is 17.5. The lowest BCUT2D eigenvalue weighted by molar-refractivity contribution is -0.114. The number of hydrogen-bond donors (Lipinski definition) is 2. The Hall–Kier alpha value is -2.32. The fourth-order valence-electron chi connectivity index (χ4n) is 1.83. The maximum Gasteiger partial charge on any atom is 0.350 e. The normalized spacial score (nSPS) is 10.1. The highest BCUT2D eigenvalue weighted by molar-refractivity contribution is 8.00. The van der Waals surface area contributed by atoms with Crippen molar-refractivity contribution in [2.24, 2.45) is 0 Å². The van der Waals surface area contributed by atoms with Gasteiger partial charge in [-0.2, -0.15) is 0 Å². The van der Waals surface area contributed by atoms with Gasteiger partial charge in [0.15, 0.2) is 0 Å². The van der Waals surface area contributed by atoms with E-state index in [0.717, 1.165) is 4.90 Å². The van der Waals surface area contributed by atoms with E-state index in [1.54, 1.807) is 23.6 Å². The van der Waals surface area contributed by atoms with Gasteiger partial charge in [0.1, 0.15) is 4.88 Å². The molecule has 0 atom stereocenters. The van der Waals surface area contributed by atoms with Crippen molar-refractivity contribution in [3.8, 4) is 0 Å². The third kappa shape index (κ3) is 5.10. The minimum absolute atomic E-state index is 0.132. The zero-order valence-corrected chi connectivity index (χ0v) is 14.8. The van der Waals surface area contributed by atoms with Gasteiger partial charge in [0, 0.05) is 17.5 Å². The predicted molar refractivity (Wildman–Crippen MR) is 95.8 cm³/mol. The van der Waals surface area contributed by atoms with Gasteiger partial charge in [0.2, 0.25) is 11.8 Å². The molecule has 0 fully saturated rings. The second kappa shape index (κ2) is 8.51. The molecule has 126 valence electrons. The van der Waals surface area contributed by atoms with Crippen molar-refractivity contribution in [2.75, 3.05) is 23.5 Å². The van der Waals surface area contributed by atoms with Crippen LogP contribution in [0.15, 0.2) is 40.6 Å². The Kier molecular flexibility index (Phi) is 6.39. The summed E-state index contributed by atoms with van der Waals surface area (Å²) < 4.78 is 4.67. The van der Waals surface area contributed by atoms with Crippen LogP contribution in [0, 0.1) is 0 Å². The number of carbonyl (C=O) groups is 3. The highest BCUT2D eigenvalue weighted by Gasteiger charge is 2.15. The molecule has 0 aliphatic rings. The fourth-order valence-corrected chi connectivity index (χ4v) is 3.30. The third-order valence-electron chi connectivity index (χ3n) is 2.85. The second-order valence-electron chi connectivity index (χ2n) is 4.70. The Morgan fingerprint density at radius 3 is 2.46 bits per heavy atom. The first kappa shape index (κ1) is 18.0. The molecule has 2 amide bonds. The van der Waals surface area contributed by atoms with Crippen LogP contribution in [0.5, 0.6) is 0 Å². The second-order valence-corrected chi connectivity index (χ2v) is 6.66. The number of ether oxygens (including phenoxy) is 1. The highest BCUT2D eigenvalue weighted by atomic mass is 32.2. The van der Waals surface area contributed by atoms with Gasteiger partial charge in [-0.1, -0.05) is 0 Å². The van der Waals surface area contributed by atoms with Gasteiger partial charge in [-0.3, -0.25) is 9.59 Å². The molecule has 0 spiro atoms. The molecule has 0 aliphatic carbocycles. The standard InChI is InChI=1S/C16H16N2O4S2/c1-10(19)17-11-3-5-12(6-4-11)24-9-14(20)18-13-7-8-23-15(13)16(21)22-2/h3-8H,9H2,1-2H3,(H,17,19)(H,18,20). The molecule has 1 heterocycles. The topological polar surface area (TPSA) is 84.5 Å². The lowest BCUT2D eigenvalue weighted by Gasteiger charge is -2.06. The van der Waals surface area contributed by atoms with Crippen LogP contribution in [0.4, 0.5) is 11.4 Å². The van der Waals surface area contributed by atoms with Crippen molar-refractivity contribution in [3.63, 3.8) is 0 Å². The lowest BCUT2D eigenvalue weighted by atomic mass is 10.3. The summed E-state index contributed by atoms with van der Waals surface area (Å²) in [5, 5.41) is 7.10.